The van der Waals surface area contributed by atoms with Gasteiger partial charge in [-0.05, 0) is 30.9 Å². The van der Waals surface area contributed by atoms with Gasteiger partial charge in [-0.15, -0.1) is 0 Å². The largest absolute Gasteiger partial charge is 0.285 e. The zero-order valence-corrected chi connectivity index (χ0v) is 16.7. The van der Waals surface area contributed by atoms with Crippen molar-refractivity contribution in [1.29, 1.82) is 0 Å². The summed E-state index contributed by atoms with van der Waals surface area (Å²) in [6, 6.07) is 0. The molecule has 0 saturated carbocycles. The van der Waals surface area contributed by atoms with Crippen LogP contribution in [0, 0.1) is 10.8 Å². The molecule has 0 aliphatic heterocycles. The van der Waals surface area contributed by atoms with E-state index in [1.165, 1.54) is 6.92 Å². The van der Waals surface area contributed by atoms with Gasteiger partial charge in [-0.2, -0.15) is 8.42 Å². The maximum atomic E-state index is 11.8. The van der Waals surface area contributed by atoms with E-state index < -0.39 is 14.9 Å². The van der Waals surface area contributed by atoms with Crippen LogP contribution in [0.25, 0.3) is 0 Å². The van der Waals surface area contributed by atoms with Crippen molar-refractivity contribution in [2.75, 3.05) is 0 Å². The van der Waals surface area contributed by atoms with Crippen LogP contribution in [0.3, 0.4) is 0 Å². The zero-order valence-electron chi connectivity index (χ0n) is 15.9. The average Bonchev–Trinajstić information content (AvgIpc) is 2.66. The third-order valence-corrected chi connectivity index (χ3v) is 6.83. The summed E-state index contributed by atoms with van der Waals surface area (Å²) < 4.78 is 31.9. The van der Waals surface area contributed by atoms with Crippen LogP contribution in [-0.2, 0) is 10.1 Å². The third kappa shape index (κ3) is 4.24. The van der Waals surface area contributed by atoms with Crippen LogP contribution in [0.2, 0.25) is 0 Å². The first-order valence-corrected chi connectivity index (χ1v) is 10.4. The second-order valence-electron chi connectivity index (χ2n) is 7.97. The van der Waals surface area contributed by atoms with Crippen molar-refractivity contribution in [3.05, 3.63) is 59.8 Å². The van der Waals surface area contributed by atoms with Crippen molar-refractivity contribution in [1.82, 2.24) is 0 Å². The van der Waals surface area contributed by atoms with E-state index in [0.29, 0.717) is 0 Å². The first-order valence-electron chi connectivity index (χ1n) is 8.98. The first-order chi connectivity index (χ1) is 11.5. The number of rotatable bonds is 4. The van der Waals surface area contributed by atoms with Crippen LogP contribution in [0.15, 0.2) is 59.8 Å². The lowest BCUT2D eigenvalue weighted by atomic mass is 9.75. The molecule has 2 rings (SSSR count). The molecule has 0 bridgehead atoms. The smallest absolute Gasteiger partial charge is 0.277 e. The lowest BCUT2D eigenvalue weighted by Crippen LogP contribution is -2.29. The van der Waals surface area contributed by atoms with Gasteiger partial charge < -0.3 is 0 Å². The minimum Gasteiger partial charge on any atom is -0.285 e. The summed E-state index contributed by atoms with van der Waals surface area (Å²) in [7, 11) is -4.23. The van der Waals surface area contributed by atoms with Gasteiger partial charge in [0.1, 0.15) is 4.75 Å². The van der Waals surface area contributed by atoms with E-state index >= 15 is 0 Å². The molecule has 1 N–H and O–H groups in total. The Morgan fingerprint density at radius 3 is 1.80 bits per heavy atom. The molecule has 0 aromatic rings. The monoisotopic (exact) mass is 362 g/mol. The van der Waals surface area contributed by atoms with E-state index in [-0.39, 0.29) is 10.8 Å². The van der Waals surface area contributed by atoms with Crippen LogP contribution in [0.1, 0.15) is 53.9 Å². The summed E-state index contributed by atoms with van der Waals surface area (Å²) in [4.78, 5) is 0. The molecular formula is C21H30O3S. The van der Waals surface area contributed by atoms with Gasteiger partial charge in [-0.1, -0.05) is 82.7 Å². The van der Waals surface area contributed by atoms with Gasteiger partial charge in [0, 0.05) is 10.8 Å². The van der Waals surface area contributed by atoms with Crippen molar-refractivity contribution in [3.8, 4) is 0 Å². The predicted molar refractivity (Wildman–Crippen MR) is 105 cm³/mol. The number of allylic oxidation sites excluding steroid dienone is 8. The van der Waals surface area contributed by atoms with Gasteiger partial charge in [-0.3, -0.25) is 4.55 Å². The fourth-order valence-corrected chi connectivity index (χ4v) is 3.77. The lowest BCUT2D eigenvalue weighted by molar-refractivity contribution is 0.465. The SMILES string of the molecule is CCCC1(C)/C=C\C(C)(CC)/C=C2/C=CC(C)(S(=O)(=O)O)C=C/C2=C/1. The molecule has 3 nitrogen and oxygen atoms in total. The molecule has 138 valence electrons. The maximum absolute atomic E-state index is 11.8. The average molecular weight is 363 g/mol. The molecule has 2 aliphatic carbocycles. The molecule has 0 heterocycles. The summed E-state index contributed by atoms with van der Waals surface area (Å²) in [6.07, 6.45) is 18.8. The Morgan fingerprint density at radius 1 is 0.880 bits per heavy atom. The van der Waals surface area contributed by atoms with Gasteiger partial charge >= 0.3 is 0 Å². The Labute approximate surface area is 152 Å². The van der Waals surface area contributed by atoms with Gasteiger partial charge in [-0.25, -0.2) is 0 Å². The Hall–Kier alpha value is -1.39. The fourth-order valence-electron chi connectivity index (χ4n) is 3.29. The zero-order chi connectivity index (χ0) is 18.9. The van der Waals surface area contributed by atoms with Crippen LogP contribution < -0.4 is 0 Å². The van der Waals surface area contributed by atoms with Crippen molar-refractivity contribution in [2.24, 2.45) is 10.8 Å². The Bertz CT molecular complexity index is 782. The molecule has 3 unspecified atom stereocenters. The second-order valence-corrected chi connectivity index (χ2v) is 9.80. The standard InChI is InChI=1S/C21H30O3S/c1-6-10-20(4)14-13-19(3,7-2)15-17-8-11-21(5,25(22,23)24)12-9-18(17)16-20/h8-9,11-16H,6-7,10H2,1-5H3,(H,22,23,24)/b14-13-,17-15-,18-16-. The Balaban J connectivity index is 2.70. The number of hydrogen-bond donors (Lipinski definition) is 1. The molecule has 4 heteroatoms. The molecular weight excluding hydrogens is 332 g/mol. The highest BCUT2D eigenvalue weighted by Crippen LogP contribution is 2.40. The normalized spacial score (nSPS) is 40.7. The number of hydrogen-bond acceptors (Lipinski definition) is 2. The van der Waals surface area contributed by atoms with Gasteiger partial charge in [0.25, 0.3) is 10.1 Å². The van der Waals surface area contributed by atoms with Crippen molar-refractivity contribution in [3.63, 3.8) is 0 Å². The maximum Gasteiger partial charge on any atom is 0.277 e. The first kappa shape index (κ1) is 19.9. The van der Waals surface area contributed by atoms with Gasteiger partial charge in [0.05, 0.1) is 0 Å². The summed E-state index contributed by atoms with van der Waals surface area (Å²) in [5, 5.41) is 0. The molecule has 0 aromatic heterocycles. The van der Waals surface area contributed by atoms with Crippen LogP contribution >= 0.6 is 0 Å². The summed E-state index contributed by atoms with van der Waals surface area (Å²) in [5.74, 6) is 0. The predicted octanol–water partition coefficient (Wildman–Crippen LogP) is 5.40. The molecule has 0 spiro atoms. The summed E-state index contributed by atoms with van der Waals surface area (Å²) >= 11 is 0. The van der Waals surface area contributed by atoms with Crippen molar-refractivity contribution in [2.45, 2.75) is 58.6 Å². The quantitative estimate of drug-likeness (QED) is 0.538. The van der Waals surface area contributed by atoms with E-state index in [2.05, 4.69) is 52.0 Å². The lowest BCUT2D eigenvalue weighted by Gasteiger charge is -2.30. The second kappa shape index (κ2) is 6.73. The van der Waals surface area contributed by atoms with E-state index in [1.54, 1.807) is 12.2 Å². The van der Waals surface area contributed by atoms with Crippen molar-refractivity contribution >= 4 is 10.1 Å². The number of fused-ring (bicyclic) bond motifs is 1. The molecule has 25 heavy (non-hydrogen) atoms. The van der Waals surface area contributed by atoms with Gasteiger partial charge in [0.2, 0.25) is 0 Å². The van der Waals surface area contributed by atoms with Crippen LogP contribution in [0.4, 0.5) is 0 Å². The highest BCUT2D eigenvalue weighted by Gasteiger charge is 2.34. The van der Waals surface area contributed by atoms with E-state index in [9.17, 15) is 13.0 Å². The fraction of sp³-hybridized carbons (Fsp3) is 0.524. The molecule has 0 amide bonds. The van der Waals surface area contributed by atoms with Gasteiger partial charge in [0.15, 0.2) is 0 Å². The highest BCUT2D eigenvalue weighted by molar-refractivity contribution is 7.87. The molecule has 0 aromatic carbocycles. The van der Waals surface area contributed by atoms with Crippen LogP contribution in [0.5, 0.6) is 0 Å². The summed E-state index contributed by atoms with van der Waals surface area (Å²) in [6.45, 7) is 10.2. The molecule has 0 radical (unpaired) electrons. The van der Waals surface area contributed by atoms with E-state index in [1.807, 2.05) is 12.2 Å². The van der Waals surface area contributed by atoms with Crippen molar-refractivity contribution < 1.29 is 13.0 Å². The molecule has 3 atom stereocenters. The van der Waals surface area contributed by atoms with E-state index in [0.717, 1.165) is 30.4 Å². The van der Waals surface area contributed by atoms with Crippen LogP contribution in [-0.4, -0.2) is 17.7 Å². The molecule has 0 saturated heterocycles. The summed E-state index contributed by atoms with van der Waals surface area (Å²) in [5.41, 5.74) is 1.82. The topological polar surface area (TPSA) is 54.4 Å². The minimum atomic E-state index is -4.23. The molecule has 0 fully saturated rings. The Kier molecular flexibility index (Phi) is 5.36. The molecule has 2 aliphatic rings. The highest BCUT2D eigenvalue weighted by atomic mass is 32.2. The third-order valence-electron chi connectivity index (χ3n) is 5.44. The Morgan fingerprint density at radius 2 is 1.36 bits per heavy atom. The van der Waals surface area contributed by atoms with E-state index in [4.69, 9.17) is 0 Å². The minimum absolute atomic E-state index is 0.0863.